The van der Waals surface area contributed by atoms with Gasteiger partial charge in [-0.2, -0.15) is 18.2 Å². The molecule has 1 fully saturated rings. The van der Waals surface area contributed by atoms with E-state index < -0.39 is 34.1 Å². The summed E-state index contributed by atoms with van der Waals surface area (Å²) >= 11 is 0. The van der Waals surface area contributed by atoms with E-state index in [2.05, 4.69) is 9.97 Å². The van der Waals surface area contributed by atoms with Gasteiger partial charge in [0.2, 0.25) is 11.8 Å². The molecule has 34 heavy (non-hydrogen) atoms. The van der Waals surface area contributed by atoms with Crippen LogP contribution in [0.3, 0.4) is 0 Å². The van der Waals surface area contributed by atoms with Crippen molar-refractivity contribution in [1.82, 2.24) is 14.9 Å². The molecule has 3 aliphatic rings. The monoisotopic (exact) mass is 501 g/mol. The second-order valence-corrected chi connectivity index (χ2v) is 10.8. The van der Waals surface area contributed by atoms with E-state index in [1.807, 2.05) is 18.7 Å². The second kappa shape index (κ2) is 8.52. The number of sulfone groups is 1. The van der Waals surface area contributed by atoms with Gasteiger partial charge in [-0.3, -0.25) is 0 Å². The van der Waals surface area contributed by atoms with E-state index >= 15 is 0 Å². The highest BCUT2D eigenvalue weighted by Gasteiger charge is 2.46. The first-order chi connectivity index (χ1) is 15.9. The maximum Gasteiger partial charge on any atom is 0.423 e. The minimum Gasteiger partial charge on any atom is -0.480 e. The molecule has 3 heterocycles. The molecule has 2 aliphatic heterocycles. The molecule has 1 aromatic rings. The van der Waals surface area contributed by atoms with Crippen LogP contribution in [-0.2, 0) is 16.0 Å². The number of piperazine rings is 1. The lowest BCUT2D eigenvalue weighted by atomic mass is 9.96. The molecule has 0 bridgehead atoms. The number of methoxy groups -OCH3 is 1. The zero-order valence-corrected chi connectivity index (χ0v) is 20.0. The molecule has 1 saturated heterocycles. The van der Waals surface area contributed by atoms with Crippen LogP contribution in [-0.4, -0.2) is 79.4 Å². The Bertz CT molecular complexity index is 1190. The van der Waals surface area contributed by atoms with Crippen molar-refractivity contribution < 1.29 is 31.4 Å². The van der Waals surface area contributed by atoms with Crippen molar-refractivity contribution in [1.29, 1.82) is 0 Å². The Balaban J connectivity index is 1.73. The molecule has 1 aliphatic carbocycles. The fourth-order valence-electron chi connectivity index (χ4n) is 4.75. The van der Waals surface area contributed by atoms with Crippen LogP contribution >= 0.6 is 0 Å². The highest BCUT2D eigenvalue weighted by atomic mass is 32.2. The Labute approximate surface area is 195 Å². The van der Waals surface area contributed by atoms with Gasteiger partial charge in [0, 0.05) is 32.0 Å². The Morgan fingerprint density at radius 1 is 1.26 bits per heavy atom. The third-order valence-electron chi connectivity index (χ3n) is 6.24. The van der Waals surface area contributed by atoms with Crippen molar-refractivity contribution in [3.05, 3.63) is 34.0 Å². The molecular weight excluding hydrogens is 475 g/mol. The lowest BCUT2D eigenvalue weighted by Crippen LogP contribution is -2.60. The van der Waals surface area contributed by atoms with Gasteiger partial charge < -0.3 is 19.6 Å². The first-order valence-electron chi connectivity index (χ1n) is 10.7. The minimum absolute atomic E-state index is 0.0150. The summed E-state index contributed by atoms with van der Waals surface area (Å²) in [7, 11) is -2.38. The summed E-state index contributed by atoms with van der Waals surface area (Å²) in [5.74, 6) is 0.202. The molecule has 0 spiro atoms. The number of rotatable bonds is 5. The van der Waals surface area contributed by atoms with Gasteiger partial charge in [0.05, 0.1) is 36.4 Å². The summed E-state index contributed by atoms with van der Waals surface area (Å²) in [4.78, 5) is 16.9. The van der Waals surface area contributed by atoms with Crippen LogP contribution in [0.1, 0.15) is 25.8 Å². The maximum atomic E-state index is 13.3. The highest BCUT2D eigenvalue weighted by molar-refractivity contribution is 7.94. The van der Waals surface area contributed by atoms with Gasteiger partial charge in [-0.1, -0.05) is 13.8 Å². The number of hydrogen-bond donors (Lipinski definition) is 1. The average Bonchev–Trinajstić information content (AvgIpc) is 3.13. The number of anilines is 1. The number of halogens is 3. The van der Waals surface area contributed by atoms with E-state index in [0.717, 1.165) is 19.6 Å². The second-order valence-electron chi connectivity index (χ2n) is 8.80. The van der Waals surface area contributed by atoms with Crippen molar-refractivity contribution in [3.63, 3.8) is 0 Å². The molecular formula is C21H26F3N5O4S. The molecule has 0 amide bonds. The molecule has 0 saturated carbocycles. The molecule has 1 N–H and O–H groups in total. The number of fused-ring (bicyclic) bond motifs is 3. The largest absolute Gasteiger partial charge is 0.480 e. The number of aromatic nitrogens is 2. The Morgan fingerprint density at radius 3 is 2.50 bits per heavy atom. The number of amidine groups is 1. The van der Waals surface area contributed by atoms with E-state index in [9.17, 15) is 26.7 Å². The van der Waals surface area contributed by atoms with Crippen LogP contribution in [0.4, 0.5) is 19.1 Å². The topological polar surface area (TPSA) is 108 Å². The summed E-state index contributed by atoms with van der Waals surface area (Å²) in [6.07, 6.45) is -0.984. The van der Waals surface area contributed by atoms with Crippen molar-refractivity contribution >= 4 is 21.6 Å². The number of hydrogen-bond acceptors (Lipinski definition) is 9. The molecule has 9 nitrogen and oxygen atoms in total. The third-order valence-corrected chi connectivity index (χ3v) is 7.57. The Morgan fingerprint density at radius 2 is 1.94 bits per heavy atom. The van der Waals surface area contributed by atoms with Crippen LogP contribution in [0.2, 0.25) is 0 Å². The zero-order valence-electron chi connectivity index (χ0n) is 19.2. The van der Waals surface area contributed by atoms with Crippen LogP contribution in [0.25, 0.3) is 0 Å². The van der Waals surface area contributed by atoms with Crippen molar-refractivity contribution in [2.24, 2.45) is 10.9 Å². The summed E-state index contributed by atoms with van der Waals surface area (Å²) in [5.41, 5.74) is -0.0691. The number of ether oxygens (including phenoxy) is 1. The van der Waals surface area contributed by atoms with Crippen LogP contribution in [0.5, 0.6) is 5.88 Å². The minimum atomic E-state index is -4.65. The van der Waals surface area contributed by atoms with Gasteiger partial charge in [0.15, 0.2) is 9.84 Å². The fraction of sp³-hybridized carbons (Fsp3) is 0.571. The fourth-order valence-corrected chi connectivity index (χ4v) is 5.81. The standard InChI is InChI=1S/C21H26F3N5O4S/c1-11(2)17-18-26-14-7-12(10-30)16(34(4,31)32)8-15(14)28(18)5-6-29(17)20-25-9-13(21(22,23)24)19(27-20)33-3/h7,9,11,15,17,30H,5-6,8,10H2,1-4H3/t15?,17-/m1/s1. The molecule has 13 heteroatoms. The van der Waals surface area contributed by atoms with Gasteiger partial charge in [0.1, 0.15) is 11.4 Å². The molecule has 1 aromatic heterocycles. The quantitative estimate of drug-likeness (QED) is 0.653. The summed E-state index contributed by atoms with van der Waals surface area (Å²) in [6.45, 7) is 4.34. The summed E-state index contributed by atoms with van der Waals surface area (Å²) in [5, 5.41) is 9.72. The smallest absolute Gasteiger partial charge is 0.423 e. The number of aliphatic imine (C=N–C) groups is 1. The maximum absolute atomic E-state index is 13.3. The average molecular weight is 502 g/mol. The Hall–Kier alpha value is -2.67. The van der Waals surface area contributed by atoms with Gasteiger partial charge >= 0.3 is 6.18 Å². The first-order valence-corrected chi connectivity index (χ1v) is 12.6. The molecule has 4 rings (SSSR count). The molecule has 186 valence electrons. The summed E-state index contributed by atoms with van der Waals surface area (Å²) < 4.78 is 69.3. The molecule has 2 atom stereocenters. The lowest BCUT2D eigenvalue weighted by molar-refractivity contribution is -0.139. The van der Waals surface area contributed by atoms with E-state index in [0.29, 0.717) is 30.2 Å². The number of aliphatic hydroxyl groups excluding tert-OH is 1. The van der Waals surface area contributed by atoms with E-state index in [4.69, 9.17) is 9.73 Å². The van der Waals surface area contributed by atoms with Crippen molar-refractivity contribution in [2.75, 3.05) is 38.0 Å². The predicted molar refractivity (Wildman–Crippen MR) is 119 cm³/mol. The van der Waals surface area contributed by atoms with Crippen molar-refractivity contribution in [2.45, 2.75) is 38.5 Å². The third kappa shape index (κ3) is 4.15. The van der Waals surface area contributed by atoms with E-state index in [1.165, 1.54) is 0 Å². The van der Waals surface area contributed by atoms with Crippen molar-refractivity contribution in [3.8, 4) is 5.88 Å². The van der Waals surface area contributed by atoms with E-state index in [-0.39, 0.29) is 35.3 Å². The van der Waals surface area contributed by atoms with Gasteiger partial charge in [-0.15, -0.1) is 0 Å². The van der Waals surface area contributed by atoms with Crippen LogP contribution in [0.15, 0.2) is 33.4 Å². The predicted octanol–water partition coefficient (Wildman–Crippen LogP) is 2.01. The summed E-state index contributed by atoms with van der Waals surface area (Å²) in [6, 6.07) is -0.651. The first kappa shape index (κ1) is 24.5. The lowest BCUT2D eigenvalue weighted by Gasteiger charge is -2.45. The Kier molecular flexibility index (Phi) is 6.13. The SMILES string of the molecule is COc1nc(N2CCN3C(=NC4=CC(CO)=C(S(C)(=O)=O)CC43)[C@H]2C(C)C)ncc1C(F)(F)F. The van der Waals surface area contributed by atoms with Gasteiger partial charge in [-0.25, -0.2) is 18.4 Å². The highest BCUT2D eigenvalue weighted by Crippen LogP contribution is 2.40. The van der Waals surface area contributed by atoms with Gasteiger partial charge in [0.25, 0.3) is 0 Å². The molecule has 0 radical (unpaired) electrons. The normalized spacial score (nSPS) is 23.1. The number of alkyl halides is 3. The van der Waals surface area contributed by atoms with Crippen LogP contribution < -0.4 is 9.64 Å². The van der Waals surface area contributed by atoms with Crippen LogP contribution in [0, 0.1) is 5.92 Å². The van der Waals surface area contributed by atoms with Gasteiger partial charge in [-0.05, 0) is 17.6 Å². The van der Waals surface area contributed by atoms with E-state index in [1.54, 1.807) is 11.0 Å². The molecule has 1 unspecified atom stereocenters. The number of aliphatic hydroxyl groups is 1. The molecule has 0 aromatic carbocycles. The number of nitrogens with zero attached hydrogens (tertiary/aromatic N) is 5. The zero-order chi connectivity index (χ0) is 25.0.